The molecule has 3 N–H and O–H groups in total. The second kappa shape index (κ2) is 7.96. The summed E-state index contributed by atoms with van der Waals surface area (Å²) in [5.74, 6) is -1.19. The molecular weight excluding hydrogens is 439 g/mol. The van der Waals surface area contributed by atoms with Crippen LogP contribution in [0, 0.1) is 5.82 Å². The quantitative estimate of drug-likeness (QED) is 0.322. The van der Waals surface area contributed by atoms with Gasteiger partial charge in [-0.3, -0.25) is 4.52 Å². The fourth-order valence-electron chi connectivity index (χ4n) is 2.09. The molecule has 1 aromatic heterocycles. The molecule has 3 rings (SSSR count). The van der Waals surface area contributed by atoms with Gasteiger partial charge in [-0.1, -0.05) is 10.7 Å². The predicted octanol–water partition coefficient (Wildman–Crippen LogP) is -0.602. The molecule has 14 heteroatoms. The Morgan fingerprint density at radius 2 is 2.15 bits per heavy atom. The van der Waals surface area contributed by atoms with Crippen LogP contribution in [0.4, 0.5) is 4.39 Å². The molecule has 0 fully saturated rings. The van der Waals surface area contributed by atoms with Crippen molar-refractivity contribution in [2.24, 2.45) is 0 Å². The topological polar surface area (TPSA) is 131 Å². The maximum Gasteiger partial charge on any atom is 0.446 e. The molecule has 2 aromatic rings. The molecule has 0 aliphatic carbocycles. The Labute approximate surface area is 155 Å². The summed E-state index contributed by atoms with van der Waals surface area (Å²) in [4.78, 5) is 17.0. The van der Waals surface area contributed by atoms with Crippen molar-refractivity contribution in [3.05, 3.63) is 51.1 Å². The first-order chi connectivity index (χ1) is 12.5. The summed E-state index contributed by atoms with van der Waals surface area (Å²) in [6, 6.07) is 3.97. The van der Waals surface area contributed by atoms with Gasteiger partial charge in [-0.05, 0) is 34.1 Å². The number of hydrogen-bond donors (Lipinski definition) is 4. The Morgan fingerprint density at radius 1 is 1.35 bits per heavy atom. The lowest BCUT2D eigenvalue weighted by molar-refractivity contribution is 0.00962. The first-order valence-electron chi connectivity index (χ1n) is 7.05. The van der Waals surface area contributed by atoms with Crippen LogP contribution in [0.25, 0.3) is 11.4 Å². The third-order valence-electron chi connectivity index (χ3n) is 3.19. The number of rotatable bonds is 7. The van der Waals surface area contributed by atoms with Crippen molar-refractivity contribution in [1.82, 2.24) is 30.6 Å². The average Bonchev–Trinajstić information content (AvgIpc) is 3.20. The smallest absolute Gasteiger partial charge is 0.393 e. The van der Waals surface area contributed by atoms with Gasteiger partial charge in [0.05, 0.1) is 10.2 Å². The maximum atomic E-state index is 13.5. The zero-order valence-electron chi connectivity index (χ0n) is 12.8. The van der Waals surface area contributed by atoms with Crippen molar-refractivity contribution in [1.29, 1.82) is 0 Å². The Bertz CT molecular complexity index is 965. The Kier molecular flexibility index (Phi) is 5.67. The molecule has 0 spiro atoms. The van der Waals surface area contributed by atoms with Crippen molar-refractivity contribution < 1.29 is 22.2 Å². The number of hydrogen-bond acceptors (Lipinski definition) is 9. The van der Waals surface area contributed by atoms with Gasteiger partial charge in [0.1, 0.15) is 12.1 Å². The maximum absolute atomic E-state index is 13.5. The molecule has 0 unspecified atom stereocenters. The van der Waals surface area contributed by atoms with E-state index >= 15 is 0 Å². The highest BCUT2D eigenvalue weighted by molar-refractivity contribution is 9.10. The number of halogens is 2. The average molecular weight is 451 g/mol. The second-order valence-corrected chi connectivity index (χ2v) is 6.51. The summed E-state index contributed by atoms with van der Waals surface area (Å²) < 4.78 is 42.6. The van der Waals surface area contributed by atoms with Gasteiger partial charge in [0.2, 0.25) is 16.7 Å². The summed E-state index contributed by atoms with van der Waals surface area (Å²) in [7, 11) is -2.70. The fraction of sp³-hybridized carbons (Fsp3) is 0.167. The van der Waals surface area contributed by atoms with Crippen LogP contribution < -0.4 is 21.5 Å². The third-order valence-corrected chi connectivity index (χ3v) is 4.28. The van der Waals surface area contributed by atoms with Gasteiger partial charge in [0.25, 0.3) is 0 Å². The van der Waals surface area contributed by atoms with E-state index in [9.17, 15) is 17.6 Å². The van der Waals surface area contributed by atoms with E-state index in [-0.39, 0.29) is 29.1 Å². The monoisotopic (exact) mass is 450 g/mol. The summed E-state index contributed by atoms with van der Waals surface area (Å²) in [5, 5.41) is 5.00. The van der Waals surface area contributed by atoms with Crippen LogP contribution in [0.1, 0.15) is 5.82 Å². The van der Waals surface area contributed by atoms with Crippen LogP contribution in [-0.4, -0.2) is 36.3 Å². The molecule has 0 amide bonds. The summed E-state index contributed by atoms with van der Waals surface area (Å²) in [6.45, 7) is 0.335. The second-order valence-electron chi connectivity index (χ2n) is 4.83. The number of hydrazine groups is 2. The summed E-state index contributed by atoms with van der Waals surface area (Å²) in [6.07, 6.45) is 1.26. The standard InChI is InChI=1S/C12H12BrFN6O5S/c13-8-5-7(1-2-9(8)14)19-11(17-25-12(19)21)10-6-24-18-20(10)15-3-4-16-26(22)23/h1-2,5-6,15,18,26H,3-4H2,(H,16,22,23). The van der Waals surface area contributed by atoms with Crippen LogP contribution in [0.2, 0.25) is 0 Å². The van der Waals surface area contributed by atoms with Crippen molar-refractivity contribution in [2.45, 2.75) is 0 Å². The molecule has 140 valence electrons. The molecule has 1 aliphatic rings. The zero-order chi connectivity index (χ0) is 18.7. The fourth-order valence-corrected chi connectivity index (χ4v) is 2.75. The lowest BCUT2D eigenvalue weighted by Crippen LogP contribution is -2.45. The number of nitrogens with zero attached hydrogens (tertiary/aromatic N) is 3. The summed E-state index contributed by atoms with van der Waals surface area (Å²) in [5.41, 5.74) is 5.91. The predicted molar refractivity (Wildman–Crippen MR) is 90.1 cm³/mol. The molecule has 11 nitrogen and oxygen atoms in total. The minimum atomic E-state index is -2.70. The highest BCUT2D eigenvalue weighted by Crippen LogP contribution is 2.23. The van der Waals surface area contributed by atoms with E-state index < -0.39 is 22.5 Å². The highest BCUT2D eigenvalue weighted by Gasteiger charge is 2.26. The Morgan fingerprint density at radius 3 is 2.88 bits per heavy atom. The third kappa shape index (κ3) is 3.94. The minimum Gasteiger partial charge on any atom is -0.393 e. The van der Waals surface area contributed by atoms with Crippen LogP contribution >= 0.6 is 15.9 Å². The number of thiol groups is 1. The van der Waals surface area contributed by atoms with Crippen LogP contribution in [0.5, 0.6) is 0 Å². The Hall–Kier alpha value is -2.26. The largest absolute Gasteiger partial charge is 0.446 e. The van der Waals surface area contributed by atoms with E-state index in [4.69, 9.17) is 9.36 Å². The van der Waals surface area contributed by atoms with E-state index in [0.717, 1.165) is 4.57 Å². The normalized spacial score (nSPS) is 14.0. The van der Waals surface area contributed by atoms with E-state index in [1.54, 1.807) is 0 Å². The number of aromatic nitrogens is 2. The minimum absolute atomic E-state index is 0.0777. The van der Waals surface area contributed by atoms with Crippen LogP contribution in [0.3, 0.4) is 0 Å². The zero-order valence-corrected chi connectivity index (χ0v) is 15.3. The Balaban J connectivity index is 1.85. The van der Waals surface area contributed by atoms with Gasteiger partial charge < -0.3 is 4.84 Å². The molecule has 0 saturated carbocycles. The molecule has 0 atom stereocenters. The van der Waals surface area contributed by atoms with Crippen LogP contribution in [-0.2, 0) is 15.7 Å². The van der Waals surface area contributed by atoms with Gasteiger partial charge in [-0.15, -0.1) is 0 Å². The van der Waals surface area contributed by atoms with E-state index in [1.807, 2.05) is 0 Å². The first kappa shape index (κ1) is 18.5. The summed E-state index contributed by atoms with van der Waals surface area (Å²) >= 11 is 3.06. The molecule has 0 saturated heterocycles. The molecular formula is C12H12BrFN6O5S. The van der Waals surface area contributed by atoms with E-state index in [1.165, 1.54) is 29.6 Å². The van der Waals surface area contributed by atoms with Gasteiger partial charge >= 0.3 is 5.76 Å². The van der Waals surface area contributed by atoms with Crippen molar-refractivity contribution in [3.8, 4) is 5.69 Å². The number of benzene rings is 1. The lowest BCUT2D eigenvalue weighted by Gasteiger charge is -2.19. The first-order valence-corrected chi connectivity index (χ1v) is 9.02. The lowest BCUT2D eigenvalue weighted by atomic mass is 10.3. The molecule has 1 aliphatic heterocycles. The van der Waals surface area contributed by atoms with E-state index in [0.29, 0.717) is 5.69 Å². The van der Waals surface area contributed by atoms with Gasteiger partial charge in [-0.25, -0.2) is 37.4 Å². The van der Waals surface area contributed by atoms with Crippen molar-refractivity contribution in [3.63, 3.8) is 0 Å². The SMILES string of the molecule is O=c1onc(C2=CONN2NCCN[SH](=O)=O)n1-c1ccc(F)c(Br)c1. The molecule has 0 radical (unpaired) electrons. The van der Waals surface area contributed by atoms with Gasteiger partial charge in [0.15, 0.2) is 5.70 Å². The van der Waals surface area contributed by atoms with Gasteiger partial charge in [-0.2, -0.15) is 0 Å². The number of nitrogens with one attached hydrogen (secondary N) is 3. The molecule has 26 heavy (non-hydrogen) atoms. The van der Waals surface area contributed by atoms with Crippen molar-refractivity contribution >= 4 is 32.5 Å². The highest BCUT2D eigenvalue weighted by atomic mass is 79.9. The molecule has 0 bridgehead atoms. The van der Waals surface area contributed by atoms with Gasteiger partial charge in [0, 0.05) is 13.1 Å². The van der Waals surface area contributed by atoms with Crippen LogP contribution in [0.15, 0.2) is 38.3 Å². The van der Waals surface area contributed by atoms with E-state index in [2.05, 4.69) is 36.8 Å². The molecule has 1 aromatic carbocycles. The molecule has 2 heterocycles. The van der Waals surface area contributed by atoms with Crippen molar-refractivity contribution in [2.75, 3.05) is 13.1 Å².